The van der Waals surface area contributed by atoms with Gasteiger partial charge in [0.15, 0.2) is 23.3 Å². The Morgan fingerprint density at radius 2 is 0.698 bits per heavy atom. The lowest BCUT2D eigenvalue weighted by Crippen LogP contribution is -2.48. The van der Waals surface area contributed by atoms with E-state index in [9.17, 15) is 17.6 Å². The van der Waals surface area contributed by atoms with Gasteiger partial charge in [-0.3, -0.25) is 0 Å². The normalized spacial score (nSPS) is 16.5. The Labute approximate surface area is 655 Å². The molecule has 11 rings (SSSR count). The molecule has 5 heteroatoms. The molecule has 0 N–H and O–H groups in total. The SMILES string of the molecule is CC(C)C(C)(C)C.CC(C)C12CC3CC(CC(C3)C1)C2.CC(C)c1cccc(C(C)C)c1C(C)C.CC(C)c1ccccc1C(C)(C)C.Cc1c(F)c(F)c(F)c(F)c1C(C)C.Cc1cc(C)cc(C(C)C)c1.Cc1cccc(C)c1C(C)(C)C.Cc1cccc(Cl)c1C(C)C.Cc1ccccc1C(C)C. The zero-order chi connectivity index (χ0) is 81.6. The van der Waals surface area contributed by atoms with E-state index in [-0.39, 0.29) is 27.9 Å². The Kier molecular flexibility index (Phi) is 39.4. The van der Waals surface area contributed by atoms with Crippen LogP contribution in [0.5, 0.6) is 0 Å². The van der Waals surface area contributed by atoms with Crippen molar-refractivity contribution in [3.05, 3.63) is 244 Å². The Bertz CT molecular complexity index is 3600. The van der Waals surface area contributed by atoms with E-state index in [2.05, 4.69) is 338 Å². The van der Waals surface area contributed by atoms with Crippen LogP contribution in [0.2, 0.25) is 5.02 Å². The molecule has 0 radical (unpaired) electrons. The summed E-state index contributed by atoms with van der Waals surface area (Å²) in [4.78, 5) is 0. The molecule has 0 heterocycles. The minimum Gasteiger partial charge on any atom is -0.203 e. The molecule has 106 heavy (non-hydrogen) atoms. The average Bonchev–Trinajstić information content (AvgIpc) is 0.743. The highest BCUT2D eigenvalue weighted by Crippen LogP contribution is 2.62. The third-order valence-corrected chi connectivity index (χ3v) is 22.7. The van der Waals surface area contributed by atoms with Crippen molar-refractivity contribution in [1.82, 2.24) is 0 Å². The maximum atomic E-state index is 13.2. The van der Waals surface area contributed by atoms with Crippen LogP contribution in [0.3, 0.4) is 0 Å². The Morgan fingerprint density at radius 3 is 1.01 bits per heavy atom. The van der Waals surface area contributed by atoms with E-state index >= 15 is 0 Å². The highest BCUT2D eigenvalue weighted by molar-refractivity contribution is 6.31. The molecule has 0 unspecified atom stereocenters. The van der Waals surface area contributed by atoms with Crippen molar-refractivity contribution in [2.75, 3.05) is 0 Å². The fraction of sp³-hybridized carbons (Fsp3) is 0.584. The number of rotatable bonds is 9. The predicted octanol–water partition coefficient (Wildman–Crippen LogP) is 33.3. The molecular formula is C101H153ClF4. The van der Waals surface area contributed by atoms with Crippen LogP contribution in [-0.4, -0.2) is 0 Å². The molecule has 4 aliphatic rings. The molecule has 4 aliphatic carbocycles. The summed E-state index contributed by atoms with van der Waals surface area (Å²) in [6.45, 7) is 78.6. The number of hydrogen-bond acceptors (Lipinski definition) is 0. The van der Waals surface area contributed by atoms with Gasteiger partial charge in [0.2, 0.25) is 0 Å². The van der Waals surface area contributed by atoms with Crippen LogP contribution in [0.4, 0.5) is 17.6 Å². The molecule has 7 aromatic carbocycles. The summed E-state index contributed by atoms with van der Waals surface area (Å²) in [5.74, 6) is 2.98. The predicted molar refractivity (Wildman–Crippen MR) is 463 cm³/mol. The van der Waals surface area contributed by atoms with E-state index in [4.69, 9.17) is 11.6 Å². The van der Waals surface area contributed by atoms with Crippen molar-refractivity contribution >= 4 is 11.6 Å². The van der Waals surface area contributed by atoms with Gasteiger partial charge < -0.3 is 0 Å². The van der Waals surface area contributed by atoms with Crippen LogP contribution in [0.25, 0.3) is 0 Å². The van der Waals surface area contributed by atoms with Crippen molar-refractivity contribution in [3.8, 4) is 0 Å². The Morgan fingerprint density at radius 1 is 0.349 bits per heavy atom. The lowest BCUT2D eigenvalue weighted by molar-refractivity contribution is -0.0789. The van der Waals surface area contributed by atoms with Crippen molar-refractivity contribution < 1.29 is 17.6 Å². The quantitative estimate of drug-likeness (QED) is 0.0768. The van der Waals surface area contributed by atoms with Gasteiger partial charge in [0.05, 0.1) is 0 Å². The molecule has 0 spiro atoms. The lowest BCUT2D eigenvalue weighted by Gasteiger charge is -2.58. The molecule has 0 amide bonds. The number of hydrogen-bond donors (Lipinski definition) is 0. The minimum atomic E-state index is -1.75. The van der Waals surface area contributed by atoms with Crippen molar-refractivity contribution in [1.29, 1.82) is 0 Å². The molecule has 4 saturated carbocycles. The van der Waals surface area contributed by atoms with Gasteiger partial charge in [-0.2, -0.15) is 0 Å². The first-order chi connectivity index (χ1) is 48.7. The van der Waals surface area contributed by atoms with Gasteiger partial charge in [-0.1, -0.05) is 339 Å². The second kappa shape index (κ2) is 43.2. The molecule has 7 aromatic rings. The van der Waals surface area contributed by atoms with Gasteiger partial charge in [-0.05, 0) is 275 Å². The lowest BCUT2D eigenvalue weighted by atomic mass is 9.47. The topological polar surface area (TPSA) is 0 Å². The maximum absolute atomic E-state index is 13.2. The Balaban J connectivity index is 0.000000407. The first-order valence-corrected chi connectivity index (χ1v) is 41.1. The zero-order valence-corrected chi connectivity index (χ0v) is 74.9. The highest BCUT2D eigenvalue weighted by atomic mass is 35.5. The van der Waals surface area contributed by atoms with Gasteiger partial charge in [0.25, 0.3) is 0 Å². The largest absolute Gasteiger partial charge is 0.203 e. The van der Waals surface area contributed by atoms with Crippen LogP contribution in [0.15, 0.2) is 121 Å². The monoisotopic (exact) mass is 1480 g/mol. The molecule has 0 nitrogen and oxygen atoms in total. The zero-order valence-electron chi connectivity index (χ0n) is 74.2. The summed E-state index contributed by atoms with van der Waals surface area (Å²) in [5.41, 5.74) is 23.0. The molecule has 592 valence electrons. The van der Waals surface area contributed by atoms with Crippen molar-refractivity contribution in [3.63, 3.8) is 0 Å². The van der Waals surface area contributed by atoms with E-state index in [1.165, 1.54) is 84.8 Å². The minimum absolute atomic E-state index is 0.110. The van der Waals surface area contributed by atoms with E-state index in [0.717, 1.165) is 40.0 Å². The van der Waals surface area contributed by atoms with Crippen LogP contribution >= 0.6 is 11.6 Å². The summed E-state index contributed by atoms with van der Waals surface area (Å²) in [6.07, 6.45) is 9.51. The summed E-state index contributed by atoms with van der Waals surface area (Å²) in [7, 11) is 0. The Hall–Kier alpha value is -5.45. The summed E-state index contributed by atoms with van der Waals surface area (Å²) in [6, 6.07) is 43.3. The molecule has 4 fully saturated rings. The van der Waals surface area contributed by atoms with E-state index in [1.807, 2.05) is 12.1 Å². The molecule has 0 aliphatic heterocycles. The van der Waals surface area contributed by atoms with Crippen LogP contribution < -0.4 is 0 Å². The number of halogens is 5. The van der Waals surface area contributed by atoms with Gasteiger partial charge >= 0.3 is 0 Å². The number of benzene rings is 7. The van der Waals surface area contributed by atoms with Crippen LogP contribution in [0.1, 0.15) is 381 Å². The van der Waals surface area contributed by atoms with Crippen molar-refractivity contribution in [2.45, 2.75) is 346 Å². The smallest absolute Gasteiger partial charge is 0.197 e. The maximum Gasteiger partial charge on any atom is 0.197 e. The second-order valence-corrected chi connectivity index (χ2v) is 38.3. The van der Waals surface area contributed by atoms with E-state index in [0.29, 0.717) is 46.8 Å². The fourth-order valence-electron chi connectivity index (χ4n) is 16.2. The highest BCUT2D eigenvalue weighted by Gasteiger charge is 2.52. The van der Waals surface area contributed by atoms with Gasteiger partial charge in [-0.15, -0.1) is 0 Å². The molecular weight excluding hydrogens is 1320 g/mol. The molecule has 0 saturated heterocycles. The standard InChI is InChI=1S/C15H24.C13H22.C13H20.C12H18.C11H16.C10H13Cl.C10H10F4.C10H14.C7H16/c1-10(2)13-8-7-9-14(11(3)4)15(13)12(5)6;1-9(2)13-6-10-3-11(7-13)5-12(4-10)8-13;1-10(2)11-8-6-7-9-12(11)13(3,4)5;1-9-7-6-8-10(2)11(9)12(3,4)5;1-8(2)11-6-9(3)5-10(4)7-11;1-7(2)10-8(3)5-4-6-9(10)11;1-4(2)6-5(3)7(11)9(13)10(14)8(6)12;1-8(2)10-7-5-4-6-9(10)3;1-6(2)7(3,4)5/h7-12H,1-6H3;9-12H,3-8H2,1-2H3;6-10H,1-5H3;6-8H,1-5H3;5-8H,1-4H3;4-7H,1-3H3;4H,1-3H3;4-8H,1-3H3;6H,1-5H3. The second-order valence-electron chi connectivity index (χ2n) is 37.9. The van der Waals surface area contributed by atoms with Crippen LogP contribution in [-0.2, 0) is 10.8 Å². The van der Waals surface area contributed by atoms with E-state index < -0.39 is 23.3 Å². The van der Waals surface area contributed by atoms with E-state index in [1.54, 1.807) is 57.9 Å². The summed E-state index contributed by atoms with van der Waals surface area (Å²) >= 11 is 6.02. The molecule has 0 aromatic heterocycles. The van der Waals surface area contributed by atoms with Crippen molar-refractivity contribution in [2.24, 2.45) is 40.4 Å². The first kappa shape index (κ1) is 96.6. The van der Waals surface area contributed by atoms with Gasteiger partial charge in [0, 0.05) is 5.02 Å². The molecule has 0 atom stereocenters. The van der Waals surface area contributed by atoms with Crippen LogP contribution in [0, 0.1) is 112 Å². The third-order valence-electron chi connectivity index (χ3n) is 22.4. The molecule has 4 bridgehead atoms. The average molecular weight is 1480 g/mol. The summed E-state index contributed by atoms with van der Waals surface area (Å²) in [5, 5.41) is 0.889. The summed E-state index contributed by atoms with van der Waals surface area (Å²) < 4.78 is 51.7. The number of aryl methyl sites for hydroxylation is 6. The first-order valence-electron chi connectivity index (χ1n) is 40.7. The van der Waals surface area contributed by atoms with Gasteiger partial charge in [-0.25, -0.2) is 17.6 Å². The van der Waals surface area contributed by atoms with Gasteiger partial charge in [0.1, 0.15) is 0 Å². The fourth-order valence-corrected chi connectivity index (χ4v) is 16.7. The third kappa shape index (κ3) is 29.7.